The van der Waals surface area contributed by atoms with Crippen LogP contribution in [0, 0.1) is 11.8 Å². The molecule has 0 saturated carbocycles. The molecule has 4 heteroatoms. The zero-order chi connectivity index (χ0) is 13.0. The van der Waals surface area contributed by atoms with Gasteiger partial charge in [0.2, 0.25) is 0 Å². The van der Waals surface area contributed by atoms with Crippen LogP contribution in [0.25, 0.3) is 0 Å². The van der Waals surface area contributed by atoms with Crippen LogP contribution in [0.15, 0.2) is 18.3 Å². The van der Waals surface area contributed by atoms with Crippen LogP contribution in [-0.2, 0) is 0 Å². The highest BCUT2D eigenvalue weighted by atomic mass is 35.5. The van der Waals surface area contributed by atoms with Crippen LogP contribution in [0.5, 0.6) is 5.75 Å². The molecule has 1 aromatic rings. The summed E-state index contributed by atoms with van der Waals surface area (Å²) < 4.78 is 6.11. The molecule has 0 amide bonds. The van der Waals surface area contributed by atoms with Crippen molar-refractivity contribution < 1.29 is 4.74 Å². The quantitative estimate of drug-likeness (QED) is 0.833. The van der Waals surface area contributed by atoms with E-state index in [1.165, 1.54) is 6.42 Å². The zero-order valence-corrected chi connectivity index (χ0v) is 11.8. The number of nitrogens with zero attached hydrogens (tertiary/aromatic N) is 1. The second-order valence-electron chi connectivity index (χ2n) is 5.33. The van der Waals surface area contributed by atoms with E-state index in [4.69, 9.17) is 16.3 Å². The van der Waals surface area contributed by atoms with Crippen molar-refractivity contribution in [3.63, 3.8) is 0 Å². The highest BCUT2D eigenvalue weighted by Gasteiger charge is 2.27. The number of nitrogens with one attached hydrogen (secondary N) is 1. The Kier molecular flexibility index (Phi) is 4.84. The summed E-state index contributed by atoms with van der Waals surface area (Å²) in [6.45, 7) is 6.58. The Morgan fingerprint density at radius 1 is 1.56 bits per heavy atom. The fourth-order valence-electron chi connectivity index (χ4n) is 2.42. The molecule has 0 aromatic carbocycles. The Balaban J connectivity index is 2.06. The molecule has 1 unspecified atom stereocenters. The summed E-state index contributed by atoms with van der Waals surface area (Å²) in [6.07, 6.45) is 4.14. The molecule has 1 aromatic heterocycles. The predicted octanol–water partition coefficient (Wildman–Crippen LogP) is 3.14. The summed E-state index contributed by atoms with van der Waals surface area (Å²) >= 11 is 6.06. The van der Waals surface area contributed by atoms with Crippen molar-refractivity contribution in [1.82, 2.24) is 10.3 Å². The van der Waals surface area contributed by atoms with Crippen molar-refractivity contribution in [3.05, 3.63) is 23.5 Å². The van der Waals surface area contributed by atoms with Crippen molar-refractivity contribution in [1.29, 1.82) is 0 Å². The first-order valence-corrected chi connectivity index (χ1v) is 7.02. The monoisotopic (exact) mass is 268 g/mol. The second-order valence-corrected chi connectivity index (χ2v) is 5.69. The highest BCUT2D eigenvalue weighted by molar-refractivity contribution is 6.30. The lowest BCUT2D eigenvalue weighted by Crippen LogP contribution is -2.30. The molecular weight excluding hydrogens is 248 g/mol. The maximum absolute atomic E-state index is 6.11. The molecule has 0 bridgehead atoms. The summed E-state index contributed by atoms with van der Waals surface area (Å²) in [6, 6.07) is 3.76. The average molecular weight is 269 g/mol. The van der Waals surface area contributed by atoms with E-state index >= 15 is 0 Å². The molecule has 1 fully saturated rings. The van der Waals surface area contributed by atoms with E-state index in [0.29, 0.717) is 22.7 Å². The third-order valence-electron chi connectivity index (χ3n) is 3.33. The Morgan fingerprint density at radius 3 is 3.00 bits per heavy atom. The molecule has 0 radical (unpaired) electrons. The minimum atomic E-state index is 0.224. The molecule has 1 N–H and O–H groups in total. The standard InChI is InChI=1S/C14H21ClN2O/c1-10(2)8-13(11-5-7-16-9-11)18-12-4-3-6-17-14(12)15/h3-4,6,10-11,13,16H,5,7-9H2,1-2H3/t11-,13?/m0/s1. The second kappa shape index (κ2) is 6.39. The first kappa shape index (κ1) is 13.6. The highest BCUT2D eigenvalue weighted by Crippen LogP contribution is 2.28. The van der Waals surface area contributed by atoms with E-state index in [-0.39, 0.29) is 6.10 Å². The Labute approximate surface area is 114 Å². The van der Waals surface area contributed by atoms with Gasteiger partial charge in [0.1, 0.15) is 6.10 Å². The molecule has 100 valence electrons. The van der Waals surface area contributed by atoms with Crippen LogP contribution in [-0.4, -0.2) is 24.2 Å². The largest absolute Gasteiger partial charge is 0.487 e. The normalized spacial score (nSPS) is 21.2. The molecule has 3 nitrogen and oxygen atoms in total. The molecule has 18 heavy (non-hydrogen) atoms. The van der Waals surface area contributed by atoms with Gasteiger partial charge in [-0.05, 0) is 37.4 Å². The molecule has 1 aliphatic rings. The topological polar surface area (TPSA) is 34.1 Å². The van der Waals surface area contributed by atoms with E-state index in [0.717, 1.165) is 19.5 Å². The van der Waals surface area contributed by atoms with Crippen molar-refractivity contribution in [3.8, 4) is 5.75 Å². The molecule has 1 saturated heterocycles. The van der Waals surface area contributed by atoms with Gasteiger partial charge >= 0.3 is 0 Å². The number of halogens is 1. The van der Waals surface area contributed by atoms with Crippen molar-refractivity contribution in [2.24, 2.45) is 11.8 Å². The van der Waals surface area contributed by atoms with Crippen LogP contribution >= 0.6 is 11.6 Å². The molecule has 0 aliphatic carbocycles. The lowest BCUT2D eigenvalue weighted by Gasteiger charge is -2.26. The third-order valence-corrected chi connectivity index (χ3v) is 3.61. The number of rotatable bonds is 5. The van der Waals surface area contributed by atoms with E-state index in [1.54, 1.807) is 6.20 Å². The SMILES string of the molecule is CC(C)CC(Oc1cccnc1Cl)[C@H]1CCNC1. The fourth-order valence-corrected chi connectivity index (χ4v) is 2.58. The first-order valence-electron chi connectivity index (χ1n) is 6.64. The average Bonchev–Trinajstić information content (AvgIpc) is 2.84. The fraction of sp³-hybridized carbons (Fsp3) is 0.643. The molecule has 2 heterocycles. The predicted molar refractivity (Wildman–Crippen MR) is 74.1 cm³/mol. The number of hydrogen-bond donors (Lipinski definition) is 1. The van der Waals surface area contributed by atoms with Gasteiger partial charge in [-0.2, -0.15) is 0 Å². The van der Waals surface area contributed by atoms with E-state index in [2.05, 4.69) is 24.1 Å². The Bertz CT molecular complexity index is 378. The van der Waals surface area contributed by atoms with Crippen LogP contribution in [0.1, 0.15) is 26.7 Å². The van der Waals surface area contributed by atoms with E-state index in [9.17, 15) is 0 Å². The lowest BCUT2D eigenvalue weighted by atomic mass is 9.93. The molecule has 2 rings (SSSR count). The van der Waals surface area contributed by atoms with E-state index in [1.807, 2.05) is 12.1 Å². The van der Waals surface area contributed by atoms with Gasteiger partial charge in [-0.3, -0.25) is 0 Å². The van der Waals surface area contributed by atoms with Crippen molar-refractivity contribution in [2.45, 2.75) is 32.8 Å². The van der Waals surface area contributed by atoms with Crippen LogP contribution in [0.4, 0.5) is 0 Å². The zero-order valence-electron chi connectivity index (χ0n) is 11.0. The van der Waals surface area contributed by atoms with Crippen molar-refractivity contribution >= 4 is 11.6 Å². The minimum Gasteiger partial charge on any atom is -0.487 e. The smallest absolute Gasteiger partial charge is 0.171 e. The third kappa shape index (κ3) is 3.59. The first-order chi connectivity index (χ1) is 8.66. The number of pyridine rings is 1. The van der Waals surface area contributed by atoms with Gasteiger partial charge in [0, 0.05) is 18.7 Å². The van der Waals surface area contributed by atoms with Gasteiger partial charge in [-0.25, -0.2) is 4.98 Å². The summed E-state index contributed by atoms with van der Waals surface area (Å²) in [5.41, 5.74) is 0. The van der Waals surface area contributed by atoms with Gasteiger partial charge in [0.15, 0.2) is 10.9 Å². The van der Waals surface area contributed by atoms with E-state index < -0.39 is 0 Å². The van der Waals surface area contributed by atoms with Gasteiger partial charge in [0.25, 0.3) is 0 Å². The summed E-state index contributed by atoms with van der Waals surface area (Å²) in [5.74, 6) is 1.89. The number of hydrogen-bond acceptors (Lipinski definition) is 3. The summed E-state index contributed by atoms with van der Waals surface area (Å²) in [4.78, 5) is 4.06. The van der Waals surface area contributed by atoms with Gasteiger partial charge in [0.05, 0.1) is 0 Å². The number of ether oxygens (including phenoxy) is 1. The molecular formula is C14H21ClN2O. The summed E-state index contributed by atoms with van der Waals surface area (Å²) in [5, 5.41) is 3.85. The molecule has 0 spiro atoms. The van der Waals surface area contributed by atoms with Gasteiger partial charge in [-0.15, -0.1) is 0 Å². The Morgan fingerprint density at radius 2 is 2.39 bits per heavy atom. The molecule has 1 aliphatic heterocycles. The van der Waals surface area contributed by atoms with Gasteiger partial charge in [-0.1, -0.05) is 25.4 Å². The van der Waals surface area contributed by atoms with Gasteiger partial charge < -0.3 is 10.1 Å². The van der Waals surface area contributed by atoms with Crippen LogP contribution < -0.4 is 10.1 Å². The maximum Gasteiger partial charge on any atom is 0.171 e. The molecule has 2 atom stereocenters. The minimum absolute atomic E-state index is 0.224. The maximum atomic E-state index is 6.11. The Hall–Kier alpha value is -0.800. The van der Waals surface area contributed by atoms with Crippen LogP contribution in [0.2, 0.25) is 5.15 Å². The number of aromatic nitrogens is 1. The van der Waals surface area contributed by atoms with Crippen molar-refractivity contribution in [2.75, 3.05) is 13.1 Å². The summed E-state index contributed by atoms with van der Waals surface area (Å²) in [7, 11) is 0. The lowest BCUT2D eigenvalue weighted by molar-refractivity contribution is 0.119. The van der Waals surface area contributed by atoms with Crippen LogP contribution in [0.3, 0.4) is 0 Å².